The number of rotatable bonds is 5. The molecule has 0 atom stereocenters. The second kappa shape index (κ2) is 6.81. The summed E-state index contributed by atoms with van der Waals surface area (Å²) in [6.07, 6.45) is 1.69. The number of anilines is 1. The number of hydrogen-bond donors (Lipinski definition) is 1. The van der Waals surface area contributed by atoms with Gasteiger partial charge < -0.3 is 5.32 Å². The Bertz CT molecular complexity index is 555. The molecule has 0 fully saturated rings. The van der Waals surface area contributed by atoms with Crippen LogP contribution in [0.3, 0.4) is 0 Å². The summed E-state index contributed by atoms with van der Waals surface area (Å²) in [7, 11) is 0. The molecule has 0 radical (unpaired) electrons. The van der Waals surface area contributed by atoms with E-state index in [9.17, 15) is 0 Å². The van der Waals surface area contributed by atoms with Gasteiger partial charge in [-0.25, -0.2) is 4.98 Å². The monoisotopic (exact) mass is 269 g/mol. The quantitative estimate of drug-likeness (QED) is 0.667. The van der Waals surface area contributed by atoms with Gasteiger partial charge in [0.05, 0.1) is 11.9 Å². The van der Waals surface area contributed by atoms with Gasteiger partial charge in [0.1, 0.15) is 11.8 Å². The lowest BCUT2D eigenvalue weighted by molar-refractivity contribution is 1.19. The number of pyridine rings is 1. The summed E-state index contributed by atoms with van der Waals surface area (Å²) < 4.78 is 0. The Hall–Kier alpha value is -1.99. The van der Waals surface area contributed by atoms with Gasteiger partial charge in [0.2, 0.25) is 0 Å². The van der Waals surface area contributed by atoms with Gasteiger partial charge in [-0.15, -0.1) is 11.8 Å². The van der Waals surface area contributed by atoms with Crippen LogP contribution in [-0.4, -0.2) is 17.3 Å². The lowest BCUT2D eigenvalue weighted by Gasteiger charge is -2.06. The molecule has 19 heavy (non-hydrogen) atoms. The summed E-state index contributed by atoms with van der Waals surface area (Å²) >= 11 is 1.82. The van der Waals surface area contributed by atoms with Gasteiger partial charge in [0, 0.05) is 17.2 Å². The summed E-state index contributed by atoms with van der Waals surface area (Å²) in [5.41, 5.74) is 2.68. The van der Waals surface area contributed by atoms with E-state index in [2.05, 4.69) is 41.5 Å². The van der Waals surface area contributed by atoms with E-state index in [1.807, 2.05) is 23.9 Å². The van der Waals surface area contributed by atoms with E-state index in [0.717, 1.165) is 18.0 Å². The van der Waals surface area contributed by atoms with Crippen LogP contribution in [0.25, 0.3) is 0 Å². The summed E-state index contributed by atoms with van der Waals surface area (Å²) in [5, 5.41) is 11.9. The van der Waals surface area contributed by atoms with Crippen molar-refractivity contribution in [3.05, 3.63) is 53.9 Å². The van der Waals surface area contributed by atoms with Gasteiger partial charge in [0.25, 0.3) is 0 Å². The van der Waals surface area contributed by atoms with Gasteiger partial charge in [-0.1, -0.05) is 17.7 Å². The summed E-state index contributed by atoms with van der Waals surface area (Å²) in [6.45, 7) is 2.96. The molecule has 0 saturated carbocycles. The van der Waals surface area contributed by atoms with Gasteiger partial charge in [-0.05, 0) is 31.2 Å². The molecule has 0 amide bonds. The average Bonchev–Trinajstić information content (AvgIpc) is 2.46. The number of aryl methyl sites for hydroxylation is 1. The fourth-order valence-corrected chi connectivity index (χ4v) is 2.33. The Morgan fingerprint density at radius 1 is 1.21 bits per heavy atom. The molecular formula is C15H15N3S. The van der Waals surface area contributed by atoms with Crippen molar-refractivity contribution in [1.82, 2.24) is 4.98 Å². The first-order chi connectivity index (χ1) is 9.28. The van der Waals surface area contributed by atoms with Crippen LogP contribution in [0.15, 0.2) is 47.5 Å². The summed E-state index contributed by atoms with van der Waals surface area (Å²) in [5.74, 6) is 0.989. The molecule has 1 N–H and O–H groups in total. The number of thioether (sulfide) groups is 1. The molecule has 0 unspecified atom stereocenters. The largest absolute Gasteiger partial charge is 0.383 e. The van der Waals surface area contributed by atoms with Gasteiger partial charge in [-0.2, -0.15) is 5.26 Å². The molecule has 2 rings (SSSR count). The van der Waals surface area contributed by atoms with E-state index in [1.165, 1.54) is 10.5 Å². The second-order valence-electron chi connectivity index (χ2n) is 4.13. The third kappa shape index (κ3) is 4.31. The Kier molecular flexibility index (Phi) is 4.82. The van der Waals surface area contributed by atoms with Crippen molar-refractivity contribution in [3.63, 3.8) is 0 Å². The van der Waals surface area contributed by atoms with E-state index in [1.54, 1.807) is 12.3 Å². The smallest absolute Gasteiger partial charge is 0.140 e. The molecule has 0 saturated heterocycles. The zero-order valence-electron chi connectivity index (χ0n) is 10.8. The predicted octanol–water partition coefficient (Wildman–Crippen LogP) is 3.47. The van der Waals surface area contributed by atoms with Crippen LogP contribution in [0, 0.1) is 18.3 Å². The molecule has 1 aromatic heterocycles. The molecule has 0 aliphatic heterocycles. The van der Waals surface area contributed by atoms with Crippen molar-refractivity contribution in [2.45, 2.75) is 11.8 Å². The molecule has 2 aromatic rings. The van der Waals surface area contributed by atoms with E-state index in [4.69, 9.17) is 5.26 Å². The maximum absolute atomic E-state index is 8.65. The zero-order chi connectivity index (χ0) is 13.5. The number of hydrogen-bond acceptors (Lipinski definition) is 4. The van der Waals surface area contributed by atoms with Crippen molar-refractivity contribution >= 4 is 17.4 Å². The summed E-state index contributed by atoms with van der Waals surface area (Å²) in [6, 6.07) is 14.1. The van der Waals surface area contributed by atoms with E-state index < -0.39 is 0 Å². The van der Waals surface area contributed by atoms with Crippen LogP contribution in [0.4, 0.5) is 5.69 Å². The van der Waals surface area contributed by atoms with Crippen molar-refractivity contribution < 1.29 is 0 Å². The molecule has 1 aromatic carbocycles. The third-order valence-electron chi connectivity index (χ3n) is 2.60. The number of benzene rings is 1. The first-order valence-corrected chi connectivity index (χ1v) is 7.06. The van der Waals surface area contributed by atoms with Gasteiger partial charge >= 0.3 is 0 Å². The first-order valence-electron chi connectivity index (χ1n) is 6.07. The van der Waals surface area contributed by atoms with E-state index in [-0.39, 0.29) is 0 Å². The number of nitriles is 1. The zero-order valence-corrected chi connectivity index (χ0v) is 11.6. The van der Waals surface area contributed by atoms with Crippen molar-refractivity contribution in [2.24, 2.45) is 0 Å². The lowest BCUT2D eigenvalue weighted by Crippen LogP contribution is -2.04. The van der Waals surface area contributed by atoms with Crippen molar-refractivity contribution in [1.29, 1.82) is 5.26 Å². The molecule has 3 nitrogen and oxygen atoms in total. The Morgan fingerprint density at radius 2 is 2.00 bits per heavy atom. The standard InChI is InChI=1S/C15H15N3S/c1-12-2-6-15(7-3-12)19-9-8-17-14-5-4-13(10-16)18-11-14/h2-7,11,17H,8-9H2,1H3. The number of aromatic nitrogens is 1. The highest BCUT2D eigenvalue weighted by Gasteiger charge is 1.96. The SMILES string of the molecule is Cc1ccc(SCCNc2ccc(C#N)nc2)cc1. The molecule has 96 valence electrons. The van der Waals surface area contributed by atoms with Gasteiger partial charge in [0.15, 0.2) is 0 Å². The van der Waals surface area contributed by atoms with Crippen LogP contribution in [0.1, 0.15) is 11.3 Å². The minimum atomic E-state index is 0.444. The minimum absolute atomic E-state index is 0.444. The van der Waals surface area contributed by atoms with E-state index >= 15 is 0 Å². The fraction of sp³-hybridized carbons (Fsp3) is 0.200. The van der Waals surface area contributed by atoms with Crippen LogP contribution >= 0.6 is 11.8 Å². The average molecular weight is 269 g/mol. The Balaban J connectivity index is 1.74. The normalized spacial score (nSPS) is 9.89. The molecule has 0 bridgehead atoms. The number of nitrogens with zero attached hydrogens (tertiary/aromatic N) is 2. The van der Waals surface area contributed by atoms with Crippen molar-refractivity contribution in [3.8, 4) is 6.07 Å². The molecular weight excluding hydrogens is 254 g/mol. The fourth-order valence-electron chi connectivity index (χ4n) is 1.56. The number of nitrogens with one attached hydrogen (secondary N) is 1. The van der Waals surface area contributed by atoms with Crippen LogP contribution in [0.2, 0.25) is 0 Å². The molecule has 0 spiro atoms. The van der Waals surface area contributed by atoms with Crippen LogP contribution in [0.5, 0.6) is 0 Å². The van der Waals surface area contributed by atoms with Crippen LogP contribution in [-0.2, 0) is 0 Å². The molecule has 0 aliphatic carbocycles. The maximum atomic E-state index is 8.65. The first kappa shape index (κ1) is 13.4. The predicted molar refractivity (Wildman–Crippen MR) is 79.3 cm³/mol. The van der Waals surface area contributed by atoms with E-state index in [0.29, 0.717) is 5.69 Å². The molecule has 1 heterocycles. The topological polar surface area (TPSA) is 48.7 Å². The minimum Gasteiger partial charge on any atom is -0.383 e. The molecule has 0 aliphatic rings. The molecule has 4 heteroatoms. The van der Waals surface area contributed by atoms with Crippen molar-refractivity contribution in [2.75, 3.05) is 17.6 Å². The van der Waals surface area contributed by atoms with Crippen LogP contribution < -0.4 is 5.32 Å². The Morgan fingerprint density at radius 3 is 2.63 bits per heavy atom. The highest BCUT2D eigenvalue weighted by Crippen LogP contribution is 2.18. The Labute approximate surface area is 117 Å². The third-order valence-corrected chi connectivity index (χ3v) is 3.61. The highest BCUT2D eigenvalue weighted by atomic mass is 32.2. The maximum Gasteiger partial charge on any atom is 0.140 e. The summed E-state index contributed by atoms with van der Waals surface area (Å²) in [4.78, 5) is 5.30. The highest BCUT2D eigenvalue weighted by molar-refractivity contribution is 7.99. The van der Waals surface area contributed by atoms with Gasteiger partial charge in [-0.3, -0.25) is 0 Å². The lowest BCUT2D eigenvalue weighted by atomic mass is 10.2. The second-order valence-corrected chi connectivity index (χ2v) is 5.30.